The minimum absolute atomic E-state index is 0.0843. The molecule has 3 N–H and O–H groups in total. The molecule has 0 aliphatic heterocycles. The van der Waals surface area contributed by atoms with Crippen molar-refractivity contribution in [3.05, 3.63) is 77.9 Å². The Morgan fingerprint density at radius 3 is 2.52 bits per heavy atom. The predicted molar refractivity (Wildman–Crippen MR) is 95.9 cm³/mol. The average molecular weight is 373 g/mol. The van der Waals surface area contributed by atoms with Gasteiger partial charge in [-0.3, -0.25) is 4.79 Å². The van der Waals surface area contributed by atoms with Crippen LogP contribution in [0.4, 0.5) is 13.2 Å². The molecule has 0 bridgehead atoms. The van der Waals surface area contributed by atoms with Gasteiger partial charge < -0.3 is 10.7 Å². The zero-order valence-corrected chi connectivity index (χ0v) is 14.3. The van der Waals surface area contributed by atoms with Gasteiger partial charge >= 0.3 is 6.18 Å². The number of hydrogen-bond acceptors (Lipinski definition) is 3. The first-order valence-electron chi connectivity index (χ1n) is 8.35. The lowest BCUT2D eigenvalue weighted by Gasteiger charge is -2.15. The standard InChI is InChI=1S/C20H18F3N3O/c21-20(22,23)17-8-13(6-7-16(17)14-4-2-1-3-5-14)9-19(27)18(24)10-15-11-25-12-26-15/h1-8,11-12,18H,9-10,24H2,(H,25,26)/t18-/m0/s1. The molecule has 3 aromatic rings. The van der Waals surface area contributed by atoms with Gasteiger partial charge in [0.05, 0.1) is 17.9 Å². The minimum Gasteiger partial charge on any atom is -0.348 e. The topological polar surface area (TPSA) is 71.8 Å². The smallest absolute Gasteiger partial charge is 0.348 e. The highest BCUT2D eigenvalue weighted by Crippen LogP contribution is 2.37. The lowest BCUT2D eigenvalue weighted by atomic mass is 9.94. The number of rotatable bonds is 6. The van der Waals surface area contributed by atoms with E-state index in [1.165, 1.54) is 12.4 Å². The van der Waals surface area contributed by atoms with Gasteiger partial charge in [-0.2, -0.15) is 13.2 Å². The molecule has 4 nitrogen and oxygen atoms in total. The summed E-state index contributed by atoms with van der Waals surface area (Å²) in [5.74, 6) is -0.329. The number of aromatic nitrogens is 2. The van der Waals surface area contributed by atoms with Gasteiger partial charge in [0.15, 0.2) is 5.78 Å². The van der Waals surface area contributed by atoms with Gasteiger partial charge in [-0.25, -0.2) is 4.98 Å². The number of imidazole rings is 1. The van der Waals surface area contributed by atoms with Gasteiger partial charge in [0, 0.05) is 24.7 Å². The van der Waals surface area contributed by atoms with Crippen LogP contribution in [0, 0.1) is 0 Å². The van der Waals surface area contributed by atoms with Crippen LogP contribution >= 0.6 is 0 Å². The number of Topliss-reactive ketones (excluding diaryl/α,β-unsaturated/α-hetero) is 1. The zero-order chi connectivity index (χ0) is 19.4. The third kappa shape index (κ3) is 4.62. The summed E-state index contributed by atoms with van der Waals surface area (Å²) in [6.07, 6.45) is -1.39. The van der Waals surface area contributed by atoms with E-state index >= 15 is 0 Å². The fraction of sp³-hybridized carbons (Fsp3) is 0.200. The molecule has 0 aliphatic rings. The van der Waals surface area contributed by atoms with E-state index in [-0.39, 0.29) is 29.8 Å². The number of benzene rings is 2. The Balaban J connectivity index is 1.83. The van der Waals surface area contributed by atoms with Gasteiger partial charge in [-0.1, -0.05) is 42.5 Å². The quantitative estimate of drug-likeness (QED) is 0.691. The molecule has 0 aliphatic carbocycles. The highest BCUT2D eigenvalue weighted by molar-refractivity contribution is 5.86. The van der Waals surface area contributed by atoms with Crippen molar-refractivity contribution in [1.29, 1.82) is 0 Å². The summed E-state index contributed by atoms with van der Waals surface area (Å²) in [5, 5.41) is 0. The van der Waals surface area contributed by atoms with Crippen LogP contribution in [-0.2, 0) is 23.8 Å². The molecule has 0 saturated carbocycles. The van der Waals surface area contributed by atoms with Crippen LogP contribution < -0.4 is 5.73 Å². The highest BCUT2D eigenvalue weighted by Gasteiger charge is 2.34. The SMILES string of the molecule is N[C@@H](Cc1cnc[nH]1)C(=O)Cc1ccc(-c2ccccc2)c(C(F)(F)F)c1. The number of carbonyl (C=O) groups is 1. The minimum atomic E-state index is -4.53. The first kappa shape index (κ1) is 18.8. The number of H-pyrrole nitrogens is 1. The van der Waals surface area contributed by atoms with E-state index in [9.17, 15) is 18.0 Å². The number of nitrogens with one attached hydrogen (secondary N) is 1. The second kappa shape index (κ2) is 7.75. The molecule has 0 unspecified atom stereocenters. The summed E-state index contributed by atoms with van der Waals surface area (Å²) in [5.41, 5.74) is 6.66. The Labute approximate surface area is 154 Å². The molecule has 27 heavy (non-hydrogen) atoms. The molecule has 1 heterocycles. The third-order valence-electron chi connectivity index (χ3n) is 4.26. The monoisotopic (exact) mass is 373 g/mol. The fourth-order valence-electron chi connectivity index (χ4n) is 2.88. The number of hydrogen-bond donors (Lipinski definition) is 2. The number of alkyl halides is 3. The van der Waals surface area contributed by atoms with E-state index in [0.29, 0.717) is 11.3 Å². The largest absolute Gasteiger partial charge is 0.417 e. The van der Waals surface area contributed by atoms with Crippen LogP contribution in [0.15, 0.2) is 61.1 Å². The van der Waals surface area contributed by atoms with Crippen molar-refractivity contribution >= 4 is 5.78 Å². The number of halogens is 3. The summed E-state index contributed by atoms with van der Waals surface area (Å²) in [6.45, 7) is 0. The van der Waals surface area contributed by atoms with Crippen LogP contribution in [0.5, 0.6) is 0 Å². The van der Waals surface area contributed by atoms with Crippen molar-refractivity contribution in [3.63, 3.8) is 0 Å². The Morgan fingerprint density at radius 2 is 1.89 bits per heavy atom. The van der Waals surface area contributed by atoms with Crippen molar-refractivity contribution in [2.24, 2.45) is 5.73 Å². The molecule has 1 aromatic heterocycles. The van der Waals surface area contributed by atoms with Crippen LogP contribution in [0.2, 0.25) is 0 Å². The molecule has 0 spiro atoms. The molecular formula is C20H18F3N3O. The second-order valence-electron chi connectivity index (χ2n) is 6.27. The zero-order valence-electron chi connectivity index (χ0n) is 14.3. The first-order chi connectivity index (χ1) is 12.8. The predicted octanol–water partition coefficient (Wildman–Crippen LogP) is 3.78. The van der Waals surface area contributed by atoms with Gasteiger partial charge in [-0.15, -0.1) is 0 Å². The van der Waals surface area contributed by atoms with Gasteiger partial charge in [0.2, 0.25) is 0 Å². The van der Waals surface area contributed by atoms with E-state index in [1.807, 2.05) is 0 Å². The van der Waals surface area contributed by atoms with Crippen LogP contribution in [-0.4, -0.2) is 21.8 Å². The van der Waals surface area contributed by atoms with E-state index in [0.717, 1.165) is 6.07 Å². The van der Waals surface area contributed by atoms with E-state index in [4.69, 9.17) is 5.73 Å². The molecule has 3 rings (SSSR count). The second-order valence-corrected chi connectivity index (χ2v) is 6.27. The van der Waals surface area contributed by atoms with Gasteiger partial charge in [-0.05, 0) is 22.8 Å². The summed E-state index contributed by atoms with van der Waals surface area (Å²) in [4.78, 5) is 19.0. The number of carbonyl (C=O) groups excluding carboxylic acids is 1. The number of nitrogens with zero attached hydrogens (tertiary/aromatic N) is 1. The first-order valence-corrected chi connectivity index (χ1v) is 8.35. The summed E-state index contributed by atoms with van der Waals surface area (Å²) >= 11 is 0. The van der Waals surface area contributed by atoms with Crippen LogP contribution in [0.1, 0.15) is 16.8 Å². The lowest BCUT2D eigenvalue weighted by molar-refractivity contribution is -0.137. The number of nitrogens with two attached hydrogens (primary N) is 1. The normalized spacial score (nSPS) is 12.7. The number of ketones is 1. The van der Waals surface area contributed by atoms with Crippen molar-refractivity contribution in [2.45, 2.75) is 25.1 Å². The maximum Gasteiger partial charge on any atom is 0.417 e. The Hall–Kier alpha value is -2.93. The third-order valence-corrected chi connectivity index (χ3v) is 4.26. The fourth-order valence-corrected chi connectivity index (χ4v) is 2.88. The maximum atomic E-state index is 13.5. The van der Waals surface area contributed by atoms with Crippen LogP contribution in [0.3, 0.4) is 0 Å². The summed E-state index contributed by atoms with van der Waals surface area (Å²) in [6, 6.07) is 11.5. The molecule has 0 amide bonds. The Bertz CT molecular complexity index is 906. The van der Waals surface area contributed by atoms with Gasteiger partial charge in [0.1, 0.15) is 0 Å². The molecule has 7 heteroatoms. The van der Waals surface area contributed by atoms with Crippen molar-refractivity contribution < 1.29 is 18.0 Å². The van der Waals surface area contributed by atoms with Crippen LogP contribution in [0.25, 0.3) is 11.1 Å². The molecule has 0 saturated heterocycles. The van der Waals surface area contributed by atoms with Crippen molar-refractivity contribution in [3.8, 4) is 11.1 Å². The van der Waals surface area contributed by atoms with E-state index in [1.54, 1.807) is 42.6 Å². The molecule has 2 aromatic carbocycles. The molecule has 140 valence electrons. The molecule has 0 fully saturated rings. The Morgan fingerprint density at radius 1 is 1.15 bits per heavy atom. The van der Waals surface area contributed by atoms with Crippen molar-refractivity contribution in [1.82, 2.24) is 9.97 Å². The summed E-state index contributed by atoms with van der Waals surface area (Å²) in [7, 11) is 0. The maximum absolute atomic E-state index is 13.5. The lowest BCUT2D eigenvalue weighted by Crippen LogP contribution is -2.34. The van der Waals surface area contributed by atoms with E-state index < -0.39 is 17.8 Å². The van der Waals surface area contributed by atoms with Gasteiger partial charge in [0.25, 0.3) is 0 Å². The van der Waals surface area contributed by atoms with E-state index in [2.05, 4.69) is 9.97 Å². The molecule has 0 radical (unpaired) electrons. The van der Waals surface area contributed by atoms with Crippen molar-refractivity contribution in [2.75, 3.05) is 0 Å². The molecule has 1 atom stereocenters. The Kier molecular flexibility index (Phi) is 5.41. The summed E-state index contributed by atoms with van der Waals surface area (Å²) < 4.78 is 40.6. The average Bonchev–Trinajstić information content (AvgIpc) is 3.14. The molecular weight excluding hydrogens is 355 g/mol. The highest BCUT2D eigenvalue weighted by atomic mass is 19.4. The number of aromatic amines is 1.